The van der Waals surface area contributed by atoms with Crippen molar-refractivity contribution in [3.8, 4) is 5.75 Å². The first-order chi connectivity index (χ1) is 17.0. The van der Waals surface area contributed by atoms with Gasteiger partial charge in [0.2, 0.25) is 0 Å². The maximum Gasteiger partial charge on any atom is 0.410 e. The first-order valence-corrected chi connectivity index (χ1v) is 11.3. The van der Waals surface area contributed by atoms with Crippen LogP contribution in [0.5, 0.6) is 5.75 Å². The molecule has 0 bridgehead atoms. The molecule has 1 atom stereocenters. The predicted octanol–water partition coefficient (Wildman–Crippen LogP) is 5.19. The van der Waals surface area contributed by atoms with Gasteiger partial charge >= 0.3 is 12.1 Å². The van der Waals surface area contributed by atoms with Crippen molar-refractivity contribution in [3.63, 3.8) is 0 Å². The molecule has 3 aromatic rings. The number of fused-ring (bicyclic) bond motifs is 1. The number of carbonyl (C=O) groups is 2. The van der Waals surface area contributed by atoms with Gasteiger partial charge in [-0.3, -0.25) is 4.90 Å². The summed E-state index contributed by atoms with van der Waals surface area (Å²) < 4.78 is 44.6. The summed E-state index contributed by atoms with van der Waals surface area (Å²) in [6.45, 7) is 1.68. The van der Waals surface area contributed by atoms with E-state index in [4.69, 9.17) is 14.2 Å². The van der Waals surface area contributed by atoms with Gasteiger partial charge in [0.05, 0.1) is 12.6 Å². The van der Waals surface area contributed by atoms with E-state index in [2.05, 4.69) is 0 Å². The van der Waals surface area contributed by atoms with Crippen LogP contribution in [0.2, 0.25) is 0 Å². The van der Waals surface area contributed by atoms with Gasteiger partial charge < -0.3 is 14.2 Å². The fourth-order valence-electron chi connectivity index (χ4n) is 4.12. The van der Waals surface area contributed by atoms with E-state index < -0.39 is 36.3 Å². The highest BCUT2D eigenvalue weighted by atomic mass is 19.2. The van der Waals surface area contributed by atoms with E-state index in [1.54, 1.807) is 6.92 Å². The summed E-state index contributed by atoms with van der Waals surface area (Å²) in [4.78, 5) is 26.5. The van der Waals surface area contributed by atoms with Gasteiger partial charge in [0.15, 0.2) is 18.2 Å². The lowest BCUT2D eigenvalue weighted by atomic mass is 9.88. The molecule has 8 heteroatoms. The molecule has 1 heterocycles. The third kappa shape index (κ3) is 5.59. The number of hydrogen-bond acceptors (Lipinski definition) is 5. The van der Waals surface area contributed by atoms with Crippen LogP contribution in [0.4, 0.5) is 13.6 Å². The summed E-state index contributed by atoms with van der Waals surface area (Å²) in [7, 11) is 0. The minimum absolute atomic E-state index is 0.0560. The molecule has 0 radical (unpaired) electrons. The number of nitrogens with zero attached hydrogens (tertiary/aromatic N) is 1. The van der Waals surface area contributed by atoms with Crippen molar-refractivity contribution in [1.29, 1.82) is 0 Å². The van der Waals surface area contributed by atoms with Crippen molar-refractivity contribution in [2.45, 2.75) is 26.0 Å². The lowest BCUT2D eigenvalue weighted by Crippen LogP contribution is -2.41. The van der Waals surface area contributed by atoms with Gasteiger partial charge in [-0.05, 0) is 36.1 Å². The number of ether oxygens (including phenoxy) is 3. The number of halogens is 2. The van der Waals surface area contributed by atoms with Crippen LogP contribution in [0.3, 0.4) is 0 Å². The van der Waals surface area contributed by atoms with Crippen molar-refractivity contribution in [2.24, 2.45) is 0 Å². The highest BCUT2D eigenvalue weighted by Crippen LogP contribution is 2.40. The molecule has 1 aliphatic heterocycles. The van der Waals surface area contributed by atoms with E-state index in [-0.39, 0.29) is 24.5 Å². The second-order valence-electron chi connectivity index (χ2n) is 7.98. The molecule has 0 saturated heterocycles. The van der Waals surface area contributed by atoms with E-state index in [1.165, 1.54) is 4.90 Å². The summed E-state index contributed by atoms with van der Waals surface area (Å²) in [5, 5.41) is 0. The van der Waals surface area contributed by atoms with Crippen LogP contribution in [0, 0.1) is 11.6 Å². The van der Waals surface area contributed by atoms with E-state index in [9.17, 15) is 18.4 Å². The topological polar surface area (TPSA) is 65.1 Å². The molecule has 182 valence electrons. The van der Waals surface area contributed by atoms with E-state index in [0.717, 1.165) is 28.8 Å². The third-order valence-electron chi connectivity index (χ3n) is 5.72. The Morgan fingerprint density at radius 3 is 2.43 bits per heavy atom. The average molecular weight is 481 g/mol. The van der Waals surface area contributed by atoms with Crippen molar-refractivity contribution >= 4 is 12.1 Å². The maximum atomic E-state index is 14.5. The quantitative estimate of drug-likeness (QED) is 0.435. The van der Waals surface area contributed by atoms with Gasteiger partial charge in [0.1, 0.15) is 12.4 Å². The molecule has 0 spiro atoms. The first kappa shape index (κ1) is 24.2. The molecule has 1 amide bonds. The van der Waals surface area contributed by atoms with Gasteiger partial charge in [-0.25, -0.2) is 18.4 Å². The maximum absolute atomic E-state index is 14.5. The Bertz CT molecular complexity index is 1200. The summed E-state index contributed by atoms with van der Waals surface area (Å²) in [6.07, 6.45) is -0.0371. The molecule has 0 aliphatic carbocycles. The van der Waals surface area contributed by atoms with Crippen molar-refractivity contribution < 1.29 is 32.6 Å². The molecule has 0 fully saturated rings. The van der Waals surface area contributed by atoms with Crippen molar-refractivity contribution in [2.75, 3.05) is 19.8 Å². The molecule has 0 N–H and O–H groups in total. The number of benzene rings is 3. The Labute approximate surface area is 202 Å². The fraction of sp³-hybridized carbons (Fsp3) is 0.259. The average Bonchev–Trinajstić information content (AvgIpc) is 2.88. The van der Waals surface area contributed by atoms with Crippen LogP contribution in [-0.2, 0) is 27.3 Å². The predicted molar refractivity (Wildman–Crippen MR) is 124 cm³/mol. The standard InChI is InChI=1S/C27H25F2NO5/c1-2-33-25(31)17-34-24-15-23(29)22(28)14-21(24)26-20-11-7-6-10-19(20)12-13-30(26)27(32)35-16-18-8-4-3-5-9-18/h3-11,14-15,26H,2,12-13,16-17H2,1H3. The van der Waals surface area contributed by atoms with Crippen LogP contribution in [0.1, 0.15) is 35.2 Å². The smallest absolute Gasteiger partial charge is 0.410 e. The second kappa shape index (κ2) is 11.0. The molecule has 3 aromatic carbocycles. The van der Waals surface area contributed by atoms with Gasteiger partial charge in [-0.2, -0.15) is 0 Å². The Kier molecular flexibility index (Phi) is 7.60. The zero-order valence-corrected chi connectivity index (χ0v) is 19.2. The van der Waals surface area contributed by atoms with Gasteiger partial charge in [-0.15, -0.1) is 0 Å². The normalized spacial score (nSPS) is 14.7. The molecule has 35 heavy (non-hydrogen) atoms. The molecular weight excluding hydrogens is 456 g/mol. The van der Waals surface area contributed by atoms with Gasteiger partial charge in [0.25, 0.3) is 0 Å². The zero-order valence-electron chi connectivity index (χ0n) is 19.2. The Hall–Kier alpha value is -3.94. The summed E-state index contributed by atoms with van der Waals surface area (Å²) >= 11 is 0. The number of carbonyl (C=O) groups excluding carboxylic acids is 2. The number of hydrogen-bond donors (Lipinski definition) is 0. The third-order valence-corrected chi connectivity index (χ3v) is 5.72. The van der Waals surface area contributed by atoms with Crippen LogP contribution in [0.25, 0.3) is 0 Å². The van der Waals surface area contributed by atoms with Crippen LogP contribution in [0.15, 0.2) is 66.7 Å². The van der Waals surface area contributed by atoms with Crippen LogP contribution >= 0.6 is 0 Å². The van der Waals surface area contributed by atoms with Crippen LogP contribution < -0.4 is 4.74 Å². The van der Waals surface area contributed by atoms with E-state index in [1.807, 2.05) is 54.6 Å². The number of esters is 1. The molecule has 1 unspecified atom stereocenters. The van der Waals surface area contributed by atoms with E-state index >= 15 is 0 Å². The molecule has 4 rings (SSSR count). The minimum atomic E-state index is -1.13. The fourth-order valence-corrected chi connectivity index (χ4v) is 4.12. The highest BCUT2D eigenvalue weighted by molar-refractivity contribution is 5.72. The zero-order chi connectivity index (χ0) is 24.8. The summed E-state index contributed by atoms with van der Waals surface area (Å²) in [5.41, 5.74) is 2.73. The van der Waals surface area contributed by atoms with Gasteiger partial charge in [-0.1, -0.05) is 54.6 Å². The monoisotopic (exact) mass is 481 g/mol. The number of rotatable bonds is 7. The molecule has 0 saturated carbocycles. The Morgan fingerprint density at radius 2 is 1.66 bits per heavy atom. The first-order valence-electron chi connectivity index (χ1n) is 11.3. The summed E-state index contributed by atoms with van der Waals surface area (Å²) in [5.74, 6) is -2.93. The molecule has 1 aliphatic rings. The lowest BCUT2D eigenvalue weighted by molar-refractivity contribution is -0.145. The Morgan fingerprint density at radius 1 is 0.943 bits per heavy atom. The van der Waals surface area contributed by atoms with Crippen molar-refractivity contribution in [1.82, 2.24) is 4.90 Å². The summed E-state index contributed by atoms with van der Waals surface area (Å²) in [6, 6.07) is 17.7. The minimum Gasteiger partial charge on any atom is -0.481 e. The highest BCUT2D eigenvalue weighted by Gasteiger charge is 2.35. The van der Waals surface area contributed by atoms with Crippen LogP contribution in [-0.4, -0.2) is 36.7 Å². The largest absolute Gasteiger partial charge is 0.481 e. The molecule has 6 nitrogen and oxygen atoms in total. The molecule has 0 aromatic heterocycles. The SMILES string of the molecule is CCOC(=O)COc1cc(F)c(F)cc1C1c2ccccc2CCN1C(=O)OCc1ccccc1. The number of amides is 1. The van der Waals surface area contributed by atoms with Gasteiger partial charge in [0, 0.05) is 18.2 Å². The second-order valence-corrected chi connectivity index (χ2v) is 7.98. The molecular formula is C27H25F2NO5. The van der Waals surface area contributed by atoms with E-state index in [0.29, 0.717) is 13.0 Å². The van der Waals surface area contributed by atoms with Crippen molar-refractivity contribution in [3.05, 3.63) is 101 Å². The lowest BCUT2D eigenvalue weighted by Gasteiger charge is -2.37. The Balaban J connectivity index is 1.70.